The molecule has 0 aliphatic carbocycles. The Bertz CT molecular complexity index is 2790. The molecule has 6 heterocycles. The van der Waals surface area contributed by atoms with Crippen molar-refractivity contribution < 1.29 is 63.0 Å². The molecule has 2 aliphatic heterocycles. The lowest BCUT2D eigenvalue weighted by atomic mass is 10.0. The van der Waals surface area contributed by atoms with Gasteiger partial charge in [-0.05, 0) is 32.3 Å². The topological polar surface area (TPSA) is 362 Å². The SMILES string of the molecule is CCCCCCCCCCCCCCCCOCCC(=O)OC[C@H]1O[C@@H](n2cc(C(N)=O)c3c(N)nc(C)nc32)[C@H](O)[C@@H]1ONc1nc(C)nc2c1c(C(N)=O)cn2[C@@H]1O[C@H](COC(=O)[C@@H](N)Cc2ccccc2)[C@@H](O)[C@H]1O. The van der Waals surface area contributed by atoms with Crippen LogP contribution in [0.1, 0.15) is 154 Å². The number of nitrogen functional groups attached to an aromatic ring is 1. The van der Waals surface area contributed by atoms with E-state index < -0.39 is 92.1 Å². The first kappa shape index (κ1) is 59.3. The minimum Gasteiger partial charge on any atom is -0.463 e. The molecule has 7 rings (SSSR count). The zero-order chi connectivity index (χ0) is 55.9. The molecule has 2 aliphatic rings. The van der Waals surface area contributed by atoms with Crippen LogP contribution in [-0.2, 0) is 44.5 Å². The summed E-state index contributed by atoms with van der Waals surface area (Å²) in [6, 6.07) is 8.09. The average molecular weight is 1090 g/mol. The van der Waals surface area contributed by atoms with E-state index in [2.05, 4.69) is 32.3 Å². The summed E-state index contributed by atoms with van der Waals surface area (Å²) < 4.78 is 31.9. The van der Waals surface area contributed by atoms with Crippen LogP contribution in [0.4, 0.5) is 11.6 Å². The quantitative estimate of drug-likeness (QED) is 0.0168. The number of unbranched alkanes of at least 4 members (excludes halogenated alkanes) is 13. The van der Waals surface area contributed by atoms with Gasteiger partial charge in [0.1, 0.15) is 84.6 Å². The Labute approximate surface area is 452 Å². The molecule has 5 aromatic rings. The number of nitrogens with zero attached hydrogens (tertiary/aromatic N) is 6. The second-order valence-electron chi connectivity index (χ2n) is 20.2. The molecule has 24 nitrogen and oxygen atoms in total. The van der Waals surface area contributed by atoms with Crippen molar-refractivity contribution in [3.05, 3.63) is 71.1 Å². The van der Waals surface area contributed by atoms with E-state index >= 15 is 0 Å². The third kappa shape index (κ3) is 15.0. The first-order valence-corrected chi connectivity index (χ1v) is 27.2. The van der Waals surface area contributed by atoms with Crippen LogP contribution in [0, 0.1) is 13.8 Å². The molecule has 24 heteroatoms. The lowest BCUT2D eigenvalue weighted by Crippen LogP contribution is -2.39. The van der Waals surface area contributed by atoms with Gasteiger partial charge in [0.05, 0.1) is 34.9 Å². The van der Waals surface area contributed by atoms with Crippen molar-refractivity contribution in [3.63, 3.8) is 0 Å². The van der Waals surface area contributed by atoms with Gasteiger partial charge in [-0.3, -0.25) is 24.0 Å². The zero-order valence-corrected chi connectivity index (χ0v) is 44.8. The highest BCUT2D eigenvalue weighted by Gasteiger charge is 2.49. The van der Waals surface area contributed by atoms with Gasteiger partial charge in [-0.1, -0.05) is 121 Å². The van der Waals surface area contributed by atoms with Gasteiger partial charge in [-0.25, -0.2) is 25.4 Å². The van der Waals surface area contributed by atoms with Gasteiger partial charge in [0.25, 0.3) is 11.8 Å². The second-order valence-corrected chi connectivity index (χ2v) is 20.2. The number of aryl methyl sites for hydroxylation is 2. The summed E-state index contributed by atoms with van der Waals surface area (Å²) in [5.74, 6) is -2.93. The molecule has 0 bridgehead atoms. The van der Waals surface area contributed by atoms with Crippen LogP contribution < -0.4 is 28.4 Å². The number of benzene rings is 1. The Hall–Kier alpha value is -6.38. The molecule has 2 fully saturated rings. The normalized spacial score (nSPS) is 21.6. The molecule has 1 aromatic carbocycles. The minimum absolute atomic E-state index is 0.00440. The molecule has 426 valence electrons. The maximum Gasteiger partial charge on any atom is 0.323 e. The number of hydrogen-bond acceptors (Lipinski definition) is 20. The minimum atomic E-state index is -1.62. The maximum atomic E-state index is 13.1. The summed E-state index contributed by atoms with van der Waals surface area (Å²) in [7, 11) is 0. The number of carbonyl (C=O) groups excluding carboxylic acids is 4. The van der Waals surface area contributed by atoms with Gasteiger partial charge in [-0.2, -0.15) is 0 Å². The third-order valence-electron chi connectivity index (χ3n) is 14.1. The number of aliphatic hydroxyl groups is 3. The van der Waals surface area contributed by atoms with Gasteiger partial charge in [0.15, 0.2) is 18.3 Å². The lowest BCUT2D eigenvalue weighted by molar-refractivity contribution is -0.152. The Morgan fingerprint density at radius 1 is 0.679 bits per heavy atom. The van der Waals surface area contributed by atoms with E-state index in [1.165, 1.54) is 99.1 Å². The van der Waals surface area contributed by atoms with Crippen molar-refractivity contribution >= 4 is 57.5 Å². The van der Waals surface area contributed by atoms with E-state index in [-0.39, 0.29) is 75.9 Å². The molecule has 4 aromatic heterocycles. The van der Waals surface area contributed by atoms with Gasteiger partial charge < -0.3 is 71.1 Å². The number of ether oxygens (including phenoxy) is 5. The number of aliphatic hydroxyl groups excluding tert-OH is 3. The van der Waals surface area contributed by atoms with Crippen LogP contribution >= 0.6 is 0 Å². The van der Waals surface area contributed by atoms with Crippen molar-refractivity contribution in [2.75, 3.05) is 37.6 Å². The van der Waals surface area contributed by atoms with E-state index in [1.54, 1.807) is 6.92 Å². The maximum absolute atomic E-state index is 13.1. The first-order valence-electron chi connectivity index (χ1n) is 27.2. The van der Waals surface area contributed by atoms with Crippen LogP contribution in [0.15, 0.2) is 42.7 Å². The van der Waals surface area contributed by atoms with E-state index in [0.29, 0.717) is 6.61 Å². The number of aromatic nitrogens is 6. The average Bonchev–Trinajstić information content (AvgIpc) is 4.16. The molecule has 2 saturated heterocycles. The molecule has 2 amide bonds. The Morgan fingerprint density at radius 3 is 1.83 bits per heavy atom. The van der Waals surface area contributed by atoms with E-state index in [1.807, 2.05) is 30.3 Å². The number of anilines is 2. The number of hydrogen-bond donors (Lipinski definition) is 8. The molecule has 0 radical (unpaired) electrons. The fraction of sp³-hybridized carbons (Fsp3) is 0.593. The van der Waals surface area contributed by atoms with Gasteiger partial charge in [-0.15, -0.1) is 0 Å². The molecular formula is C54H77N11O13. The first-order chi connectivity index (χ1) is 37.6. The number of amides is 2. The van der Waals surface area contributed by atoms with Crippen LogP contribution in [0.25, 0.3) is 22.1 Å². The van der Waals surface area contributed by atoms with Crippen molar-refractivity contribution in [1.29, 1.82) is 0 Å². The Kier molecular flexibility index (Phi) is 21.7. The highest BCUT2D eigenvalue weighted by atomic mass is 16.7. The smallest absolute Gasteiger partial charge is 0.323 e. The number of nitrogens with two attached hydrogens (primary N) is 4. The molecular weight excluding hydrogens is 1010 g/mol. The molecule has 78 heavy (non-hydrogen) atoms. The van der Waals surface area contributed by atoms with Crippen LogP contribution in [-0.4, -0.2) is 137 Å². The summed E-state index contributed by atoms with van der Waals surface area (Å²) in [5, 5.41) is 34.6. The third-order valence-corrected chi connectivity index (χ3v) is 14.1. The Morgan fingerprint density at radius 2 is 1.22 bits per heavy atom. The summed E-state index contributed by atoms with van der Waals surface area (Å²) in [4.78, 5) is 75.5. The van der Waals surface area contributed by atoms with Crippen molar-refractivity contribution in [2.24, 2.45) is 17.2 Å². The highest BCUT2D eigenvalue weighted by Crippen LogP contribution is 2.39. The summed E-state index contributed by atoms with van der Waals surface area (Å²) in [6.07, 6.45) is 8.82. The number of nitrogens with one attached hydrogen (secondary N) is 1. The Balaban J connectivity index is 1.00. The van der Waals surface area contributed by atoms with Crippen molar-refractivity contribution in [2.45, 2.75) is 179 Å². The van der Waals surface area contributed by atoms with Crippen molar-refractivity contribution in [1.82, 2.24) is 29.1 Å². The number of primary amides is 2. The number of rotatable bonds is 32. The molecule has 0 spiro atoms. The van der Waals surface area contributed by atoms with Gasteiger partial charge >= 0.3 is 11.9 Å². The van der Waals surface area contributed by atoms with Crippen LogP contribution in [0.5, 0.6) is 0 Å². The highest BCUT2D eigenvalue weighted by molar-refractivity contribution is 6.10. The fourth-order valence-electron chi connectivity index (χ4n) is 9.96. The predicted octanol–water partition coefficient (Wildman–Crippen LogP) is 4.41. The van der Waals surface area contributed by atoms with Gasteiger partial charge in [0, 0.05) is 19.0 Å². The van der Waals surface area contributed by atoms with Crippen LogP contribution in [0.2, 0.25) is 0 Å². The van der Waals surface area contributed by atoms with Gasteiger partial charge in [0.2, 0.25) is 0 Å². The summed E-state index contributed by atoms with van der Waals surface area (Å²) >= 11 is 0. The molecule has 0 saturated carbocycles. The fourth-order valence-corrected chi connectivity index (χ4v) is 9.96. The number of esters is 2. The summed E-state index contributed by atoms with van der Waals surface area (Å²) in [6.45, 7) is 5.11. The lowest BCUT2D eigenvalue weighted by Gasteiger charge is -2.21. The number of fused-ring (bicyclic) bond motifs is 2. The van der Waals surface area contributed by atoms with E-state index in [4.69, 9.17) is 51.5 Å². The molecule has 0 unspecified atom stereocenters. The standard InChI is InChI=1S/C54H77N11O13/c1-4-5-6-7-8-9-10-11-12-13-14-15-16-20-24-73-25-23-39(66)74-30-38-45(44(69)53(77-38)64-27-34(47(57)70)40-46(56)59-31(2)61-50(40)64)78-63-49-41-35(48(58)71)28-65(51(41)62-32(3)60-49)52-43(68)42(67)37(76-52)29-75-54(72)36(55)26-33-21-18-17-19-22-33/h17-19,21-22,27-28,36-38,42-45,52-53,67-69H,4-16,20,23-26,29-30,55H2,1-3H3,(H2,57,70)(H2,58,71)(H2,56,59,61)(H,60,62,63)/t36-,37+,38+,42+,43+,44+,45+,52+,53+/m0/s1. The largest absolute Gasteiger partial charge is 0.463 e. The zero-order valence-electron chi connectivity index (χ0n) is 44.8. The second kappa shape index (κ2) is 28.5. The summed E-state index contributed by atoms with van der Waals surface area (Å²) in [5.41, 5.74) is 27.4. The van der Waals surface area contributed by atoms with Crippen LogP contribution in [0.3, 0.4) is 0 Å². The molecule has 12 N–H and O–H groups in total. The van der Waals surface area contributed by atoms with E-state index in [0.717, 1.165) is 24.8 Å². The predicted molar refractivity (Wildman–Crippen MR) is 286 cm³/mol. The van der Waals surface area contributed by atoms with Crippen molar-refractivity contribution in [3.8, 4) is 0 Å². The number of carbonyl (C=O) groups is 4. The molecule has 9 atom stereocenters. The van der Waals surface area contributed by atoms with E-state index in [9.17, 15) is 34.5 Å². The monoisotopic (exact) mass is 1090 g/mol.